The van der Waals surface area contributed by atoms with Gasteiger partial charge in [-0.3, -0.25) is 10.2 Å². The van der Waals surface area contributed by atoms with Crippen LogP contribution in [0.3, 0.4) is 0 Å². The molecule has 0 aromatic heterocycles. The van der Waals surface area contributed by atoms with Crippen molar-refractivity contribution in [3.63, 3.8) is 0 Å². The van der Waals surface area contributed by atoms with Crippen LogP contribution in [-0.4, -0.2) is 23.5 Å². The van der Waals surface area contributed by atoms with Gasteiger partial charge in [0.05, 0.1) is 13.0 Å². The SMILES string of the molecule is CCCC(=N)N=NCCC(=O)O. The molecule has 68 valence electrons. The zero-order valence-electron chi connectivity index (χ0n) is 7.08. The molecule has 0 aliphatic carbocycles. The molecular formula is C7H13N3O2. The Balaban J connectivity index is 3.48. The molecule has 0 spiro atoms. The van der Waals surface area contributed by atoms with Crippen LogP contribution in [0.25, 0.3) is 0 Å². The Morgan fingerprint density at radius 1 is 1.50 bits per heavy atom. The van der Waals surface area contributed by atoms with Crippen molar-refractivity contribution in [1.82, 2.24) is 0 Å². The normalized spacial score (nSPS) is 10.4. The molecule has 0 saturated heterocycles. The Bertz CT molecular complexity index is 189. The largest absolute Gasteiger partial charge is 0.481 e. The standard InChI is InChI=1S/C7H13N3O2/c1-2-3-6(8)10-9-5-4-7(11)12/h8H,2-5H2,1H3,(H,11,12). The van der Waals surface area contributed by atoms with E-state index in [1.54, 1.807) is 0 Å². The van der Waals surface area contributed by atoms with Crippen LogP contribution in [0, 0.1) is 5.41 Å². The third-order valence-electron chi connectivity index (χ3n) is 1.10. The summed E-state index contributed by atoms with van der Waals surface area (Å²) in [5, 5.41) is 22.5. The Hall–Kier alpha value is -1.26. The molecular weight excluding hydrogens is 158 g/mol. The Labute approximate surface area is 71.0 Å². The van der Waals surface area contributed by atoms with Crippen molar-refractivity contribution >= 4 is 11.8 Å². The number of rotatable bonds is 5. The van der Waals surface area contributed by atoms with E-state index >= 15 is 0 Å². The smallest absolute Gasteiger partial charge is 0.305 e. The van der Waals surface area contributed by atoms with E-state index in [2.05, 4.69) is 10.2 Å². The van der Waals surface area contributed by atoms with Gasteiger partial charge in [-0.15, -0.1) is 5.11 Å². The van der Waals surface area contributed by atoms with Gasteiger partial charge < -0.3 is 5.11 Å². The molecule has 0 atom stereocenters. The second kappa shape index (κ2) is 6.45. The van der Waals surface area contributed by atoms with Crippen molar-refractivity contribution in [1.29, 1.82) is 5.41 Å². The zero-order chi connectivity index (χ0) is 9.40. The van der Waals surface area contributed by atoms with Crippen molar-refractivity contribution in [2.45, 2.75) is 26.2 Å². The number of nitrogens with zero attached hydrogens (tertiary/aromatic N) is 2. The fourth-order valence-corrected chi connectivity index (χ4v) is 0.568. The average Bonchev–Trinajstić information content (AvgIpc) is 1.98. The highest BCUT2D eigenvalue weighted by Gasteiger charge is 1.94. The first kappa shape index (κ1) is 10.7. The van der Waals surface area contributed by atoms with Gasteiger partial charge in [0, 0.05) is 6.42 Å². The lowest BCUT2D eigenvalue weighted by Crippen LogP contribution is -1.97. The van der Waals surface area contributed by atoms with Crippen LogP contribution in [0.15, 0.2) is 10.2 Å². The van der Waals surface area contributed by atoms with Crippen LogP contribution < -0.4 is 0 Å². The van der Waals surface area contributed by atoms with Crippen LogP contribution in [0.1, 0.15) is 26.2 Å². The number of carbonyl (C=O) groups is 1. The first-order valence-corrected chi connectivity index (χ1v) is 3.83. The average molecular weight is 171 g/mol. The first-order chi connectivity index (χ1) is 5.66. The summed E-state index contributed by atoms with van der Waals surface area (Å²) in [4.78, 5) is 10.0. The molecule has 0 aromatic rings. The number of amidine groups is 1. The molecule has 0 amide bonds. The molecule has 0 saturated carbocycles. The number of aliphatic carboxylic acids is 1. The molecule has 0 aromatic carbocycles. The summed E-state index contributed by atoms with van der Waals surface area (Å²) in [5.74, 6) is -0.682. The molecule has 5 heteroatoms. The molecule has 0 rings (SSSR count). The summed E-state index contributed by atoms with van der Waals surface area (Å²) in [6, 6.07) is 0. The number of azo groups is 1. The fourth-order valence-electron chi connectivity index (χ4n) is 0.568. The van der Waals surface area contributed by atoms with Crippen molar-refractivity contribution < 1.29 is 9.90 Å². The monoisotopic (exact) mass is 171 g/mol. The first-order valence-electron chi connectivity index (χ1n) is 3.83. The van der Waals surface area contributed by atoms with Crippen LogP contribution in [0.2, 0.25) is 0 Å². The molecule has 0 fully saturated rings. The van der Waals surface area contributed by atoms with Crippen molar-refractivity contribution in [2.75, 3.05) is 6.54 Å². The van der Waals surface area contributed by atoms with Gasteiger partial charge in [-0.05, 0) is 6.42 Å². The molecule has 0 heterocycles. The van der Waals surface area contributed by atoms with Gasteiger partial charge in [-0.2, -0.15) is 5.11 Å². The van der Waals surface area contributed by atoms with Crippen LogP contribution in [0.5, 0.6) is 0 Å². The van der Waals surface area contributed by atoms with E-state index in [1.807, 2.05) is 6.92 Å². The summed E-state index contributed by atoms with van der Waals surface area (Å²) in [5.41, 5.74) is 0. The highest BCUT2D eigenvalue weighted by molar-refractivity contribution is 5.79. The summed E-state index contributed by atoms with van der Waals surface area (Å²) >= 11 is 0. The van der Waals surface area contributed by atoms with Gasteiger partial charge >= 0.3 is 5.97 Å². The zero-order valence-corrected chi connectivity index (χ0v) is 7.08. The van der Waals surface area contributed by atoms with Crippen molar-refractivity contribution in [3.05, 3.63) is 0 Å². The minimum Gasteiger partial charge on any atom is -0.481 e. The van der Waals surface area contributed by atoms with E-state index in [9.17, 15) is 4.79 Å². The number of carboxylic acids is 1. The summed E-state index contributed by atoms with van der Waals surface area (Å²) in [6.07, 6.45) is 1.43. The Morgan fingerprint density at radius 2 is 2.17 bits per heavy atom. The van der Waals surface area contributed by atoms with Gasteiger partial charge in [-0.1, -0.05) is 6.92 Å². The maximum atomic E-state index is 10.0. The van der Waals surface area contributed by atoms with Crippen molar-refractivity contribution in [2.24, 2.45) is 10.2 Å². The highest BCUT2D eigenvalue weighted by atomic mass is 16.4. The lowest BCUT2D eigenvalue weighted by Gasteiger charge is -1.90. The maximum Gasteiger partial charge on any atom is 0.305 e. The van der Waals surface area contributed by atoms with E-state index in [0.717, 1.165) is 6.42 Å². The molecule has 2 N–H and O–H groups in total. The predicted octanol–water partition coefficient (Wildman–Crippen LogP) is 1.69. The van der Waals surface area contributed by atoms with E-state index in [1.165, 1.54) is 0 Å². The van der Waals surface area contributed by atoms with Crippen LogP contribution >= 0.6 is 0 Å². The third kappa shape index (κ3) is 6.85. The van der Waals surface area contributed by atoms with E-state index < -0.39 is 5.97 Å². The van der Waals surface area contributed by atoms with Crippen molar-refractivity contribution in [3.8, 4) is 0 Å². The van der Waals surface area contributed by atoms with Gasteiger partial charge in [0.25, 0.3) is 0 Å². The van der Waals surface area contributed by atoms with Crippen LogP contribution in [0.4, 0.5) is 0 Å². The van der Waals surface area contributed by atoms with E-state index in [4.69, 9.17) is 10.5 Å². The number of carboxylic acid groups (broad SMARTS) is 1. The Kier molecular flexibility index (Phi) is 5.77. The second-order valence-corrected chi connectivity index (χ2v) is 2.31. The van der Waals surface area contributed by atoms with Gasteiger partial charge in [-0.25, -0.2) is 0 Å². The minimum absolute atomic E-state index is 0.0249. The summed E-state index contributed by atoms with van der Waals surface area (Å²) in [6.45, 7) is 2.10. The van der Waals surface area contributed by atoms with Gasteiger partial charge in [0.1, 0.15) is 5.84 Å². The molecule has 5 nitrogen and oxygen atoms in total. The number of nitrogens with one attached hydrogen (secondary N) is 1. The molecule has 0 aliphatic heterocycles. The highest BCUT2D eigenvalue weighted by Crippen LogP contribution is 1.92. The topological polar surface area (TPSA) is 85.9 Å². The molecule has 0 radical (unpaired) electrons. The second-order valence-electron chi connectivity index (χ2n) is 2.31. The van der Waals surface area contributed by atoms with E-state index in [-0.39, 0.29) is 18.8 Å². The molecule has 0 aliphatic rings. The quantitative estimate of drug-likeness (QED) is 0.374. The lowest BCUT2D eigenvalue weighted by molar-refractivity contribution is -0.136. The van der Waals surface area contributed by atoms with Gasteiger partial charge in [0.15, 0.2) is 0 Å². The van der Waals surface area contributed by atoms with Crippen LogP contribution in [-0.2, 0) is 4.79 Å². The molecule has 0 bridgehead atoms. The van der Waals surface area contributed by atoms with Gasteiger partial charge in [0.2, 0.25) is 0 Å². The number of hydrogen-bond acceptors (Lipinski definition) is 3. The number of hydrogen-bond donors (Lipinski definition) is 2. The fraction of sp³-hybridized carbons (Fsp3) is 0.714. The summed E-state index contributed by atoms with van der Waals surface area (Å²) in [7, 11) is 0. The molecule has 12 heavy (non-hydrogen) atoms. The third-order valence-corrected chi connectivity index (χ3v) is 1.10. The Morgan fingerprint density at radius 3 is 2.67 bits per heavy atom. The minimum atomic E-state index is -0.893. The molecule has 0 unspecified atom stereocenters. The predicted molar refractivity (Wildman–Crippen MR) is 44.6 cm³/mol. The maximum absolute atomic E-state index is 10.0. The van der Waals surface area contributed by atoms with E-state index in [0.29, 0.717) is 6.42 Å². The lowest BCUT2D eigenvalue weighted by atomic mass is 10.3. The summed E-state index contributed by atoms with van der Waals surface area (Å²) < 4.78 is 0.